The fraction of sp³-hybridized carbons (Fsp3) is 0.600. The van der Waals surface area contributed by atoms with E-state index in [1.165, 1.54) is 5.56 Å². The number of benzene rings is 1. The molecule has 1 amide bonds. The van der Waals surface area contributed by atoms with Gasteiger partial charge in [-0.25, -0.2) is 0 Å². The molecular formula is C20H28N2O4. The van der Waals surface area contributed by atoms with Crippen molar-refractivity contribution in [3.8, 4) is 5.75 Å². The number of hydrogen-bond donors (Lipinski definition) is 1. The number of carboxylic acid groups (broad SMARTS) is 1. The lowest BCUT2D eigenvalue weighted by atomic mass is 9.97. The largest absolute Gasteiger partial charge is 0.496 e. The predicted octanol–water partition coefficient (Wildman–Crippen LogP) is 2.55. The summed E-state index contributed by atoms with van der Waals surface area (Å²) < 4.78 is 5.51. The molecule has 0 saturated carbocycles. The third kappa shape index (κ3) is 4.18. The fourth-order valence-corrected chi connectivity index (χ4v) is 4.16. The molecule has 0 unspecified atom stereocenters. The second-order valence-electron chi connectivity index (χ2n) is 7.18. The quantitative estimate of drug-likeness (QED) is 0.844. The SMILES string of the molecule is COc1ccccc1[C@@H]1CCCN1CCC(=O)N1CCC(C(=O)O)CC1. The minimum Gasteiger partial charge on any atom is -0.496 e. The molecule has 1 aromatic rings. The fourth-order valence-electron chi connectivity index (χ4n) is 4.16. The van der Waals surface area contributed by atoms with E-state index < -0.39 is 5.97 Å². The van der Waals surface area contributed by atoms with Crippen LogP contribution in [0.5, 0.6) is 5.75 Å². The van der Waals surface area contributed by atoms with Gasteiger partial charge in [0.2, 0.25) is 5.91 Å². The van der Waals surface area contributed by atoms with Crippen molar-refractivity contribution in [2.45, 2.75) is 38.1 Å². The van der Waals surface area contributed by atoms with Crippen LogP contribution in [-0.2, 0) is 9.59 Å². The zero-order valence-corrected chi connectivity index (χ0v) is 15.4. The van der Waals surface area contributed by atoms with Crippen molar-refractivity contribution < 1.29 is 19.4 Å². The van der Waals surface area contributed by atoms with Crippen LogP contribution in [0.25, 0.3) is 0 Å². The number of amides is 1. The molecule has 0 aliphatic carbocycles. The second-order valence-corrected chi connectivity index (χ2v) is 7.18. The van der Waals surface area contributed by atoms with Crippen molar-refractivity contribution in [3.63, 3.8) is 0 Å². The Hall–Kier alpha value is -2.08. The number of methoxy groups -OCH3 is 1. The van der Waals surface area contributed by atoms with Gasteiger partial charge in [0.25, 0.3) is 0 Å². The van der Waals surface area contributed by atoms with Gasteiger partial charge in [-0.3, -0.25) is 14.5 Å². The maximum absolute atomic E-state index is 12.5. The normalized spacial score (nSPS) is 21.7. The van der Waals surface area contributed by atoms with E-state index in [-0.39, 0.29) is 11.8 Å². The van der Waals surface area contributed by atoms with Crippen molar-refractivity contribution in [1.29, 1.82) is 0 Å². The molecule has 0 radical (unpaired) electrons. The zero-order valence-electron chi connectivity index (χ0n) is 15.4. The van der Waals surface area contributed by atoms with Gasteiger partial charge in [0.1, 0.15) is 5.75 Å². The molecule has 142 valence electrons. The molecule has 6 nitrogen and oxygen atoms in total. The Bertz CT molecular complexity index is 640. The van der Waals surface area contributed by atoms with E-state index in [0.29, 0.717) is 38.4 Å². The average Bonchev–Trinajstić information content (AvgIpc) is 3.14. The summed E-state index contributed by atoms with van der Waals surface area (Å²) in [6.07, 6.45) is 3.83. The zero-order chi connectivity index (χ0) is 18.5. The molecular weight excluding hydrogens is 332 g/mol. The van der Waals surface area contributed by atoms with Gasteiger partial charge in [-0.05, 0) is 38.3 Å². The molecule has 0 bridgehead atoms. The third-order valence-corrected chi connectivity index (χ3v) is 5.67. The standard InChI is InChI=1S/C20H28N2O4/c1-26-18-7-3-2-5-16(18)17-6-4-11-21(17)14-10-19(23)22-12-8-15(9-13-22)20(24)25/h2-3,5,7,15,17H,4,6,8-14H2,1H3,(H,24,25)/t17-/m0/s1. The molecule has 0 aromatic heterocycles. The van der Waals surface area contributed by atoms with Crippen molar-refractivity contribution in [3.05, 3.63) is 29.8 Å². The van der Waals surface area contributed by atoms with E-state index in [1.807, 2.05) is 23.1 Å². The van der Waals surface area contributed by atoms with Gasteiger partial charge in [0.05, 0.1) is 13.0 Å². The number of carbonyl (C=O) groups is 2. The smallest absolute Gasteiger partial charge is 0.306 e. The highest BCUT2D eigenvalue weighted by atomic mass is 16.5. The first-order valence-corrected chi connectivity index (χ1v) is 9.47. The highest BCUT2D eigenvalue weighted by molar-refractivity contribution is 5.77. The van der Waals surface area contributed by atoms with Gasteiger partial charge in [-0.2, -0.15) is 0 Å². The minimum atomic E-state index is -0.742. The molecule has 1 aromatic carbocycles. The van der Waals surface area contributed by atoms with E-state index in [4.69, 9.17) is 9.84 Å². The summed E-state index contributed by atoms with van der Waals surface area (Å²) in [6.45, 7) is 2.86. The number of aliphatic carboxylic acids is 1. The lowest BCUT2D eigenvalue weighted by Crippen LogP contribution is -2.41. The van der Waals surface area contributed by atoms with Crippen molar-refractivity contribution >= 4 is 11.9 Å². The molecule has 2 fully saturated rings. The van der Waals surface area contributed by atoms with Crippen molar-refractivity contribution in [2.24, 2.45) is 5.92 Å². The number of ether oxygens (including phenoxy) is 1. The summed E-state index contributed by atoms with van der Waals surface area (Å²) in [5.41, 5.74) is 1.20. The first-order chi connectivity index (χ1) is 12.6. The van der Waals surface area contributed by atoms with Gasteiger partial charge < -0.3 is 14.7 Å². The van der Waals surface area contributed by atoms with Gasteiger partial charge >= 0.3 is 5.97 Å². The molecule has 6 heteroatoms. The summed E-state index contributed by atoms with van der Waals surface area (Å²) in [5.74, 6) is 0.00681. The van der Waals surface area contributed by atoms with Crippen LogP contribution < -0.4 is 4.74 Å². The monoisotopic (exact) mass is 360 g/mol. The number of nitrogens with zero attached hydrogens (tertiary/aromatic N) is 2. The molecule has 0 spiro atoms. The Morgan fingerprint density at radius 2 is 1.88 bits per heavy atom. The number of rotatable bonds is 6. The Morgan fingerprint density at radius 3 is 2.58 bits per heavy atom. The average molecular weight is 360 g/mol. The van der Waals surface area contributed by atoms with Crippen LogP contribution in [-0.4, -0.2) is 60.1 Å². The van der Waals surface area contributed by atoms with Crippen molar-refractivity contribution in [1.82, 2.24) is 9.80 Å². The number of carbonyl (C=O) groups excluding carboxylic acids is 1. The third-order valence-electron chi connectivity index (χ3n) is 5.67. The van der Waals surface area contributed by atoms with Crippen LogP contribution in [0.1, 0.15) is 43.7 Å². The highest BCUT2D eigenvalue weighted by Gasteiger charge is 2.30. The van der Waals surface area contributed by atoms with E-state index in [9.17, 15) is 9.59 Å². The van der Waals surface area contributed by atoms with Gasteiger partial charge in [-0.1, -0.05) is 18.2 Å². The van der Waals surface area contributed by atoms with Crippen LogP contribution in [0.2, 0.25) is 0 Å². The Kier molecular flexibility index (Phi) is 6.14. The van der Waals surface area contributed by atoms with E-state index in [2.05, 4.69) is 11.0 Å². The van der Waals surface area contributed by atoms with Crippen LogP contribution >= 0.6 is 0 Å². The Morgan fingerprint density at radius 1 is 1.15 bits per heavy atom. The molecule has 2 heterocycles. The number of likely N-dealkylation sites (tertiary alicyclic amines) is 2. The molecule has 26 heavy (non-hydrogen) atoms. The molecule has 2 aliphatic rings. The first-order valence-electron chi connectivity index (χ1n) is 9.47. The van der Waals surface area contributed by atoms with Crippen molar-refractivity contribution in [2.75, 3.05) is 33.3 Å². The first kappa shape index (κ1) is 18.7. The van der Waals surface area contributed by atoms with Gasteiger partial charge in [0, 0.05) is 37.7 Å². The van der Waals surface area contributed by atoms with Crippen LogP contribution in [0, 0.1) is 5.92 Å². The number of carboxylic acids is 1. The van der Waals surface area contributed by atoms with E-state index in [0.717, 1.165) is 31.7 Å². The van der Waals surface area contributed by atoms with Crippen LogP contribution in [0.3, 0.4) is 0 Å². The topological polar surface area (TPSA) is 70.1 Å². The minimum absolute atomic E-state index is 0.138. The Balaban J connectivity index is 1.54. The summed E-state index contributed by atoms with van der Waals surface area (Å²) in [6, 6.07) is 8.42. The summed E-state index contributed by atoms with van der Waals surface area (Å²) in [5, 5.41) is 9.07. The lowest BCUT2D eigenvalue weighted by molar-refractivity contribution is -0.145. The molecule has 1 atom stereocenters. The molecule has 2 saturated heterocycles. The van der Waals surface area contributed by atoms with Crippen LogP contribution in [0.4, 0.5) is 0 Å². The highest BCUT2D eigenvalue weighted by Crippen LogP contribution is 2.36. The van der Waals surface area contributed by atoms with Crippen LogP contribution in [0.15, 0.2) is 24.3 Å². The molecule has 2 aliphatic heterocycles. The van der Waals surface area contributed by atoms with E-state index >= 15 is 0 Å². The number of para-hydroxylation sites is 1. The molecule has 1 N–H and O–H groups in total. The summed E-state index contributed by atoms with van der Waals surface area (Å²) >= 11 is 0. The second kappa shape index (κ2) is 8.54. The number of piperidine rings is 1. The van der Waals surface area contributed by atoms with Gasteiger partial charge in [-0.15, -0.1) is 0 Å². The maximum Gasteiger partial charge on any atom is 0.306 e. The van der Waals surface area contributed by atoms with Gasteiger partial charge in [0.15, 0.2) is 0 Å². The Labute approximate surface area is 154 Å². The number of hydrogen-bond acceptors (Lipinski definition) is 4. The predicted molar refractivity (Wildman–Crippen MR) is 98.1 cm³/mol. The molecule has 3 rings (SSSR count). The lowest BCUT2D eigenvalue weighted by Gasteiger charge is -2.31. The summed E-state index contributed by atoms with van der Waals surface area (Å²) in [4.78, 5) is 27.8. The van der Waals surface area contributed by atoms with E-state index in [1.54, 1.807) is 7.11 Å². The summed E-state index contributed by atoms with van der Waals surface area (Å²) in [7, 11) is 1.70. The maximum atomic E-state index is 12.5.